The Balaban J connectivity index is 0.863. The number of benzene rings is 4. The number of nitrogens with zero attached hydrogens (tertiary/aromatic N) is 7. The molecule has 348 valence electrons. The lowest BCUT2D eigenvalue weighted by molar-refractivity contribution is -0.136. The molecule has 3 saturated heterocycles. The van der Waals surface area contributed by atoms with Crippen molar-refractivity contribution in [3.63, 3.8) is 0 Å². The molecule has 1 spiro atoms. The van der Waals surface area contributed by atoms with E-state index >= 15 is 4.39 Å². The van der Waals surface area contributed by atoms with Gasteiger partial charge in [-0.25, -0.2) is 9.37 Å². The minimum atomic E-state index is -2.77. The Labute approximate surface area is 396 Å². The van der Waals surface area contributed by atoms with Gasteiger partial charge in [-0.3, -0.25) is 34.1 Å². The van der Waals surface area contributed by atoms with Crippen molar-refractivity contribution in [1.29, 1.82) is 0 Å². The van der Waals surface area contributed by atoms with Crippen molar-refractivity contribution < 1.29 is 32.9 Å². The average Bonchev–Trinajstić information content (AvgIpc) is 3.85. The van der Waals surface area contributed by atoms with Crippen molar-refractivity contribution in [1.82, 2.24) is 30.0 Å². The number of ether oxygens (including phenoxy) is 1. The number of rotatable bonds is 11. The Hall–Kier alpha value is -7.10. The van der Waals surface area contributed by atoms with Crippen LogP contribution in [0.2, 0.25) is 5.02 Å². The molecule has 4 amide bonds. The van der Waals surface area contributed by atoms with Crippen molar-refractivity contribution in [3.05, 3.63) is 113 Å². The third kappa shape index (κ3) is 8.23. The molecule has 16 nitrogen and oxygen atoms in total. The van der Waals surface area contributed by atoms with Crippen LogP contribution >= 0.6 is 18.7 Å². The van der Waals surface area contributed by atoms with E-state index in [0.29, 0.717) is 54.4 Å². The molecule has 0 radical (unpaired) electrons. The lowest BCUT2D eigenvalue weighted by atomic mass is 9.71. The predicted molar refractivity (Wildman–Crippen MR) is 259 cm³/mol. The van der Waals surface area contributed by atoms with Crippen molar-refractivity contribution in [3.8, 4) is 28.0 Å². The van der Waals surface area contributed by atoms with E-state index in [4.69, 9.17) is 21.3 Å². The maximum atomic E-state index is 15.7. The summed E-state index contributed by atoms with van der Waals surface area (Å²) in [4.78, 5) is 65.4. The highest BCUT2D eigenvalue weighted by molar-refractivity contribution is 7.70. The largest absolute Gasteiger partial charge is 0.494 e. The fraction of sp³-hybridized carbons (Fsp3) is 0.286. The van der Waals surface area contributed by atoms with Crippen LogP contribution in [0, 0.1) is 11.2 Å². The van der Waals surface area contributed by atoms with Gasteiger partial charge >= 0.3 is 0 Å². The number of hydrogen-bond donors (Lipinski definition) is 3. The highest BCUT2D eigenvalue weighted by atomic mass is 35.5. The van der Waals surface area contributed by atoms with E-state index in [1.54, 1.807) is 31.3 Å². The molecule has 3 N–H and O–H groups in total. The van der Waals surface area contributed by atoms with Crippen LogP contribution in [0.5, 0.6) is 5.75 Å². The van der Waals surface area contributed by atoms with Gasteiger partial charge in [0.25, 0.3) is 11.8 Å². The van der Waals surface area contributed by atoms with Gasteiger partial charge in [0.05, 0.1) is 47.7 Å². The van der Waals surface area contributed by atoms with E-state index in [-0.39, 0.29) is 46.0 Å². The van der Waals surface area contributed by atoms with Gasteiger partial charge < -0.3 is 29.7 Å². The molecule has 0 aliphatic carbocycles. The molecule has 4 aliphatic heterocycles. The number of carbonyl (C=O) groups is 4. The van der Waals surface area contributed by atoms with Crippen LogP contribution in [-0.2, 0) is 21.2 Å². The Morgan fingerprint density at radius 1 is 0.838 bits per heavy atom. The number of methoxy groups -OCH3 is 1. The Kier molecular flexibility index (Phi) is 11.3. The van der Waals surface area contributed by atoms with Crippen LogP contribution in [0.1, 0.15) is 46.4 Å². The molecule has 4 aliphatic rings. The minimum Gasteiger partial charge on any atom is -0.494 e. The molecule has 68 heavy (non-hydrogen) atoms. The molecule has 10 rings (SSSR count). The zero-order valence-corrected chi connectivity index (χ0v) is 39.3. The van der Waals surface area contributed by atoms with Gasteiger partial charge in [-0.1, -0.05) is 48.0 Å². The monoisotopic (exact) mass is 956 g/mol. The number of hydrogen-bond acceptors (Lipinski definition) is 13. The zero-order valence-electron chi connectivity index (χ0n) is 37.7. The van der Waals surface area contributed by atoms with Gasteiger partial charge in [-0.15, -0.1) is 0 Å². The number of nitrogens with one attached hydrogen (secondary N) is 3. The predicted octanol–water partition coefficient (Wildman–Crippen LogP) is 7.59. The highest BCUT2D eigenvalue weighted by Gasteiger charge is 2.48. The Bertz CT molecular complexity index is 3110. The van der Waals surface area contributed by atoms with Gasteiger partial charge in [0.1, 0.15) is 29.8 Å². The lowest BCUT2D eigenvalue weighted by Gasteiger charge is -2.55. The van der Waals surface area contributed by atoms with E-state index in [1.807, 2.05) is 78.8 Å². The van der Waals surface area contributed by atoms with Crippen molar-refractivity contribution in [2.45, 2.75) is 31.7 Å². The summed E-state index contributed by atoms with van der Waals surface area (Å²) in [7, 11) is 0.691. The number of anilines is 6. The number of piperidine rings is 2. The average molecular weight is 957 g/mol. The maximum Gasteiger partial charge on any atom is 0.262 e. The molecule has 1 atom stereocenters. The summed E-state index contributed by atoms with van der Waals surface area (Å²) >= 11 is 6.68. The van der Waals surface area contributed by atoms with Crippen LogP contribution in [0.25, 0.3) is 22.3 Å². The van der Waals surface area contributed by atoms with E-state index in [1.165, 1.54) is 12.3 Å². The Morgan fingerprint density at radius 3 is 2.25 bits per heavy atom. The second-order valence-corrected chi connectivity index (χ2v) is 21.8. The van der Waals surface area contributed by atoms with Crippen LogP contribution in [-0.4, -0.2) is 101 Å². The summed E-state index contributed by atoms with van der Waals surface area (Å²) in [6.07, 6.45) is 6.88. The molecular weight excluding hydrogens is 910 g/mol. The second-order valence-electron chi connectivity index (χ2n) is 18.2. The normalized spacial score (nSPS) is 17.9. The number of imide groups is 2. The summed E-state index contributed by atoms with van der Waals surface area (Å²) in [6.45, 7) is 5.98. The third-order valence-corrected chi connectivity index (χ3v) is 15.1. The zero-order chi connectivity index (χ0) is 47.6. The molecule has 1 unspecified atom stereocenters. The number of halogens is 2. The van der Waals surface area contributed by atoms with Crippen LogP contribution in [0.3, 0.4) is 0 Å². The topological polar surface area (TPSA) is 184 Å². The SMILES string of the molecule is COc1cc(N2CCC3(CC2)CN(c2cc4c(cc2F)C(=O)N(C2CCC(=O)NC2=O)C4=O)C3)c(-c2cnn(C)c2)cc1Nc1ncc(Cl)c(Nc2ccc(-c3ccccc3)cc2P(C)(C)=O)n1. The molecular formula is C49H47ClFN10O6P. The highest BCUT2D eigenvalue weighted by Crippen LogP contribution is 2.48. The van der Waals surface area contributed by atoms with E-state index in [2.05, 4.69) is 30.9 Å². The summed E-state index contributed by atoms with van der Waals surface area (Å²) in [5.41, 5.74) is 5.98. The second kappa shape index (κ2) is 17.2. The number of carbonyl (C=O) groups excluding carboxylic acids is 4. The van der Waals surface area contributed by atoms with Crippen LogP contribution < -0.4 is 35.8 Å². The first-order chi connectivity index (χ1) is 32.6. The standard InChI is InChI=1S/C49H47ClFN10O6P/c1-58-25-30(23-53-58)31-20-37(55-48-52-24-34(50)44(57-48)54-36-11-10-29(18-42(36)68(3,4)66)28-8-6-5-7-9-28)41(67-2)22-39(31)59-16-14-49(15-17-59)26-60(27-49)40-21-33-32(19-35(40)51)46(64)61(47(33)65)38-12-13-43(62)56-45(38)63/h5-11,18-25,38H,12-17,26-27H2,1-4H3,(H,56,62,63)(H2,52,54,55,57). The molecule has 2 aromatic heterocycles. The molecule has 0 bridgehead atoms. The van der Waals surface area contributed by atoms with Crippen molar-refractivity contribution in [2.24, 2.45) is 12.5 Å². The molecule has 6 heterocycles. The summed E-state index contributed by atoms with van der Waals surface area (Å²) in [5, 5.41) is 14.2. The minimum absolute atomic E-state index is 0.00398. The van der Waals surface area contributed by atoms with Gasteiger partial charge in [0, 0.05) is 79.4 Å². The third-order valence-electron chi connectivity index (χ3n) is 13.3. The van der Waals surface area contributed by atoms with Gasteiger partial charge in [-0.2, -0.15) is 10.1 Å². The number of fused-ring (bicyclic) bond motifs is 1. The van der Waals surface area contributed by atoms with E-state index in [0.717, 1.165) is 51.7 Å². The number of amides is 4. The first-order valence-electron chi connectivity index (χ1n) is 22.2. The molecule has 6 aromatic rings. The van der Waals surface area contributed by atoms with Gasteiger partial charge in [0.15, 0.2) is 5.82 Å². The Morgan fingerprint density at radius 2 is 1.57 bits per heavy atom. The smallest absolute Gasteiger partial charge is 0.262 e. The summed E-state index contributed by atoms with van der Waals surface area (Å²) < 4.78 is 37.1. The molecule has 0 saturated carbocycles. The summed E-state index contributed by atoms with van der Waals surface area (Å²) in [6, 6.07) is 21.0. The quantitative estimate of drug-likeness (QED) is 0.0854. The molecule has 4 aromatic carbocycles. The van der Waals surface area contributed by atoms with Crippen LogP contribution in [0.4, 0.5) is 38.9 Å². The fourth-order valence-corrected chi connectivity index (χ4v) is 11.0. The first-order valence-corrected chi connectivity index (χ1v) is 25.1. The lowest BCUT2D eigenvalue weighted by Crippen LogP contribution is -2.60. The molecule has 19 heteroatoms. The first kappa shape index (κ1) is 44.7. The number of aryl methyl sites for hydroxylation is 1. The van der Waals surface area contributed by atoms with Gasteiger partial charge in [-0.05, 0) is 74.1 Å². The van der Waals surface area contributed by atoms with Gasteiger partial charge in [0.2, 0.25) is 17.8 Å². The maximum absolute atomic E-state index is 15.7. The summed E-state index contributed by atoms with van der Waals surface area (Å²) in [5.74, 6) is -2.10. The van der Waals surface area contributed by atoms with E-state index in [9.17, 15) is 23.7 Å². The van der Waals surface area contributed by atoms with E-state index < -0.39 is 42.6 Å². The van der Waals surface area contributed by atoms with Crippen LogP contribution in [0.15, 0.2) is 91.4 Å². The number of aromatic nitrogens is 4. The van der Waals surface area contributed by atoms with Crippen molar-refractivity contribution in [2.75, 3.05) is 67.1 Å². The molecule has 3 fully saturated rings. The van der Waals surface area contributed by atoms with Crippen molar-refractivity contribution >= 4 is 82.2 Å². The fourth-order valence-electron chi connectivity index (χ4n) is 9.74.